The molecule has 2 heterocycles. The fourth-order valence-electron chi connectivity index (χ4n) is 3.01. The van der Waals surface area contributed by atoms with Gasteiger partial charge in [0.25, 0.3) is 5.91 Å². The van der Waals surface area contributed by atoms with Gasteiger partial charge in [-0.3, -0.25) is 4.79 Å². The summed E-state index contributed by atoms with van der Waals surface area (Å²) < 4.78 is 5.44. The lowest BCUT2D eigenvalue weighted by atomic mass is 10.1. The van der Waals surface area contributed by atoms with Crippen molar-refractivity contribution in [3.8, 4) is 5.75 Å². The molecule has 0 radical (unpaired) electrons. The number of rotatable bonds is 6. The summed E-state index contributed by atoms with van der Waals surface area (Å²) in [6.45, 7) is 3.65. The molecule has 1 atom stereocenters. The maximum Gasteiger partial charge on any atom is 0.406 e. The van der Waals surface area contributed by atoms with Crippen LogP contribution in [0.1, 0.15) is 26.2 Å². The zero-order valence-electron chi connectivity index (χ0n) is 15.1. The van der Waals surface area contributed by atoms with Gasteiger partial charge in [0.15, 0.2) is 6.10 Å². The van der Waals surface area contributed by atoms with E-state index in [1.165, 1.54) is 44.5 Å². The molecule has 1 N–H and O–H groups in total. The van der Waals surface area contributed by atoms with E-state index >= 15 is 0 Å². The molecule has 0 saturated carbocycles. The molecule has 142 valence electrons. The zero-order chi connectivity index (χ0) is 19.2. The molecule has 0 aliphatic carbocycles. The van der Waals surface area contributed by atoms with E-state index in [9.17, 15) is 14.9 Å². The molecule has 1 amide bonds. The summed E-state index contributed by atoms with van der Waals surface area (Å²) in [7, 11) is 0. The molecular weight excluding hydrogens is 348 g/mol. The summed E-state index contributed by atoms with van der Waals surface area (Å²) in [4.78, 5) is 28.7. The zero-order valence-corrected chi connectivity index (χ0v) is 15.1. The van der Waals surface area contributed by atoms with Gasteiger partial charge < -0.3 is 25.1 Å². The molecule has 1 aliphatic rings. The number of amides is 1. The van der Waals surface area contributed by atoms with Crippen molar-refractivity contribution >= 4 is 23.1 Å². The normalized spacial score (nSPS) is 15.1. The summed E-state index contributed by atoms with van der Waals surface area (Å²) >= 11 is 0. The molecule has 8 nitrogen and oxygen atoms in total. The first-order valence-corrected chi connectivity index (χ1v) is 8.96. The van der Waals surface area contributed by atoms with Gasteiger partial charge in [-0.15, -0.1) is 0 Å². The van der Waals surface area contributed by atoms with Crippen molar-refractivity contribution in [1.29, 1.82) is 0 Å². The number of benzene rings is 1. The molecule has 27 heavy (non-hydrogen) atoms. The Morgan fingerprint density at radius 2 is 1.93 bits per heavy atom. The number of nitrogens with zero attached hydrogens (tertiary/aromatic N) is 3. The number of carbonyl (C=O) groups is 1. The van der Waals surface area contributed by atoms with Crippen LogP contribution in [-0.2, 0) is 4.79 Å². The third-order valence-electron chi connectivity index (χ3n) is 4.45. The molecule has 1 aliphatic heterocycles. The van der Waals surface area contributed by atoms with Crippen LogP contribution >= 0.6 is 0 Å². The third-order valence-corrected chi connectivity index (χ3v) is 4.45. The van der Waals surface area contributed by atoms with Gasteiger partial charge in [-0.05, 0) is 72.5 Å². The van der Waals surface area contributed by atoms with E-state index in [1.54, 1.807) is 0 Å². The van der Waals surface area contributed by atoms with Crippen LogP contribution in [0.2, 0.25) is 0 Å². The highest BCUT2D eigenvalue weighted by Crippen LogP contribution is 2.25. The van der Waals surface area contributed by atoms with Crippen LogP contribution in [0.15, 0.2) is 42.6 Å². The van der Waals surface area contributed by atoms with E-state index in [2.05, 4.69) is 15.2 Å². The molecule has 0 spiro atoms. The van der Waals surface area contributed by atoms with Crippen molar-refractivity contribution in [3.63, 3.8) is 0 Å². The lowest BCUT2D eigenvalue weighted by molar-refractivity contribution is -0.390. The number of carbonyl (C=O) groups excluding carboxylic acids is 1. The van der Waals surface area contributed by atoms with Gasteiger partial charge in [0.1, 0.15) is 6.20 Å². The quantitative estimate of drug-likeness (QED) is 0.618. The Morgan fingerprint density at radius 1 is 1.22 bits per heavy atom. The molecule has 8 heteroatoms. The number of piperidine rings is 1. The maximum absolute atomic E-state index is 12.3. The van der Waals surface area contributed by atoms with Gasteiger partial charge in [-0.1, -0.05) is 0 Å². The summed E-state index contributed by atoms with van der Waals surface area (Å²) in [5.74, 6) is -0.840. The highest BCUT2D eigenvalue weighted by Gasteiger charge is 2.22. The Labute approximate surface area is 157 Å². The molecule has 1 fully saturated rings. The van der Waals surface area contributed by atoms with Gasteiger partial charge in [0.2, 0.25) is 5.75 Å². The second-order valence-corrected chi connectivity index (χ2v) is 6.43. The predicted octanol–water partition coefficient (Wildman–Crippen LogP) is 3.39. The SMILES string of the molecule is C[C@H](Oc1cccnc1[N+](=O)[O-])C(=O)Nc1ccc(N2CCCCC2)cc1. The molecule has 0 unspecified atom stereocenters. The van der Waals surface area contributed by atoms with Gasteiger partial charge in [0.05, 0.1) is 0 Å². The fourth-order valence-corrected chi connectivity index (χ4v) is 3.01. The first-order valence-electron chi connectivity index (χ1n) is 8.96. The monoisotopic (exact) mass is 370 g/mol. The Kier molecular flexibility index (Phi) is 5.85. The lowest BCUT2D eigenvalue weighted by Gasteiger charge is -2.28. The predicted molar refractivity (Wildman–Crippen MR) is 102 cm³/mol. The van der Waals surface area contributed by atoms with Crippen LogP contribution in [0.5, 0.6) is 5.75 Å². The van der Waals surface area contributed by atoms with E-state index in [-0.39, 0.29) is 11.7 Å². The fraction of sp³-hybridized carbons (Fsp3) is 0.368. The van der Waals surface area contributed by atoms with Crippen LogP contribution in [0.4, 0.5) is 17.2 Å². The number of nitro groups is 1. The van der Waals surface area contributed by atoms with Crippen LogP contribution in [0, 0.1) is 10.1 Å². The van der Waals surface area contributed by atoms with Crippen LogP contribution in [0.25, 0.3) is 0 Å². The van der Waals surface area contributed by atoms with Gasteiger partial charge in [-0.2, -0.15) is 0 Å². The average molecular weight is 370 g/mol. The van der Waals surface area contributed by atoms with Crippen LogP contribution in [0.3, 0.4) is 0 Å². The minimum atomic E-state index is -0.908. The van der Waals surface area contributed by atoms with Crippen molar-refractivity contribution in [1.82, 2.24) is 4.98 Å². The van der Waals surface area contributed by atoms with Crippen LogP contribution < -0.4 is 15.0 Å². The molecule has 3 rings (SSSR count). The Hall–Kier alpha value is -3.16. The number of aromatic nitrogens is 1. The van der Waals surface area contributed by atoms with Gasteiger partial charge in [-0.25, -0.2) is 0 Å². The van der Waals surface area contributed by atoms with E-state index < -0.39 is 16.8 Å². The largest absolute Gasteiger partial charge is 0.473 e. The molecular formula is C19H22N4O4. The molecule has 1 saturated heterocycles. The highest BCUT2D eigenvalue weighted by atomic mass is 16.6. The Morgan fingerprint density at radius 3 is 2.59 bits per heavy atom. The standard InChI is InChI=1S/C19H22N4O4/c1-14(27-17-6-5-11-20-18(17)23(25)26)19(24)21-15-7-9-16(10-8-15)22-12-3-2-4-13-22/h5-11,14H,2-4,12-13H2,1H3,(H,21,24)/t14-/m0/s1. The van der Waals surface area contributed by atoms with Gasteiger partial charge in [0, 0.05) is 24.5 Å². The van der Waals surface area contributed by atoms with Gasteiger partial charge >= 0.3 is 5.82 Å². The molecule has 1 aromatic carbocycles. The number of hydrogen-bond acceptors (Lipinski definition) is 6. The Balaban J connectivity index is 1.60. The lowest BCUT2D eigenvalue weighted by Crippen LogP contribution is -2.30. The number of ether oxygens (including phenoxy) is 1. The summed E-state index contributed by atoms with van der Waals surface area (Å²) in [5, 5.41) is 13.8. The molecule has 2 aromatic rings. The maximum atomic E-state index is 12.3. The molecule has 0 bridgehead atoms. The smallest absolute Gasteiger partial charge is 0.406 e. The first kappa shape index (κ1) is 18.6. The average Bonchev–Trinajstić information content (AvgIpc) is 2.69. The number of anilines is 2. The van der Waals surface area contributed by atoms with Crippen molar-refractivity contribution < 1.29 is 14.5 Å². The first-order chi connectivity index (χ1) is 13.0. The number of hydrogen-bond donors (Lipinski definition) is 1. The van der Waals surface area contributed by atoms with Crippen molar-refractivity contribution in [3.05, 3.63) is 52.7 Å². The van der Waals surface area contributed by atoms with Crippen molar-refractivity contribution in [2.75, 3.05) is 23.3 Å². The van der Waals surface area contributed by atoms with E-state index in [0.717, 1.165) is 18.8 Å². The van der Waals surface area contributed by atoms with E-state index in [1.807, 2.05) is 24.3 Å². The highest BCUT2D eigenvalue weighted by molar-refractivity contribution is 5.94. The minimum Gasteiger partial charge on any atom is -0.473 e. The van der Waals surface area contributed by atoms with E-state index in [4.69, 9.17) is 4.74 Å². The van der Waals surface area contributed by atoms with E-state index in [0.29, 0.717) is 5.69 Å². The second kappa shape index (κ2) is 8.48. The Bertz CT molecular complexity index is 804. The second-order valence-electron chi connectivity index (χ2n) is 6.43. The summed E-state index contributed by atoms with van der Waals surface area (Å²) in [5.41, 5.74) is 1.79. The number of pyridine rings is 1. The van der Waals surface area contributed by atoms with Crippen molar-refractivity contribution in [2.45, 2.75) is 32.3 Å². The van der Waals surface area contributed by atoms with Crippen molar-refractivity contribution in [2.24, 2.45) is 0 Å². The summed E-state index contributed by atoms with van der Waals surface area (Å²) in [6, 6.07) is 10.6. The number of nitrogens with one attached hydrogen (secondary N) is 1. The third kappa shape index (κ3) is 4.72. The molecule has 1 aromatic heterocycles. The topological polar surface area (TPSA) is 97.6 Å². The van der Waals surface area contributed by atoms with Crippen LogP contribution in [-0.4, -0.2) is 35.0 Å². The summed E-state index contributed by atoms with van der Waals surface area (Å²) in [6.07, 6.45) is 4.08. The minimum absolute atomic E-state index is 0.0365.